The molecule has 0 N–H and O–H groups in total. The van der Waals surface area contributed by atoms with Gasteiger partial charge < -0.3 is 4.90 Å². The van der Waals surface area contributed by atoms with Crippen LogP contribution in [-0.4, -0.2) is 11.7 Å². The Morgan fingerprint density at radius 2 is 1.71 bits per heavy atom. The fourth-order valence-electron chi connectivity index (χ4n) is 3.22. The van der Waals surface area contributed by atoms with E-state index in [1.54, 1.807) is 11.0 Å². The highest BCUT2D eigenvalue weighted by Crippen LogP contribution is 2.37. The number of nitrogens with zero attached hydrogens (tertiary/aromatic N) is 1. The summed E-state index contributed by atoms with van der Waals surface area (Å²) in [5.41, 5.74) is 3.11. The van der Waals surface area contributed by atoms with E-state index in [2.05, 4.69) is 28.1 Å². The van der Waals surface area contributed by atoms with Crippen LogP contribution in [-0.2, 0) is 11.3 Å². The zero-order chi connectivity index (χ0) is 16.8. The summed E-state index contributed by atoms with van der Waals surface area (Å²) in [6, 6.07) is 17.7. The Morgan fingerprint density at radius 1 is 0.958 bits per heavy atom. The second-order valence-electron chi connectivity index (χ2n) is 5.97. The fraction of sp³-hybridized carbons (Fsp3) is 0.100. The van der Waals surface area contributed by atoms with Gasteiger partial charge in [-0.3, -0.25) is 9.59 Å². The van der Waals surface area contributed by atoms with Crippen molar-refractivity contribution in [3.8, 4) is 0 Å². The molecule has 0 fully saturated rings. The SMILES string of the molecule is Cc1c(Br)ccc2c1N(Cc1ccc3ccccc3c1)C(=O)C2=O. The minimum Gasteiger partial charge on any atom is -0.300 e. The number of ketones is 1. The second-order valence-corrected chi connectivity index (χ2v) is 6.82. The second kappa shape index (κ2) is 5.56. The van der Waals surface area contributed by atoms with Gasteiger partial charge in [-0.05, 0) is 47.0 Å². The largest absolute Gasteiger partial charge is 0.300 e. The monoisotopic (exact) mass is 379 g/mol. The van der Waals surface area contributed by atoms with Crippen LogP contribution in [0.1, 0.15) is 21.5 Å². The first-order chi connectivity index (χ1) is 11.6. The van der Waals surface area contributed by atoms with Crippen LogP contribution in [0.25, 0.3) is 10.8 Å². The van der Waals surface area contributed by atoms with Gasteiger partial charge in [0.05, 0.1) is 17.8 Å². The van der Waals surface area contributed by atoms with Crippen molar-refractivity contribution in [3.05, 3.63) is 75.8 Å². The Balaban J connectivity index is 1.78. The molecule has 1 amide bonds. The van der Waals surface area contributed by atoms with E-state index in [-0.39, 0.29) is 0 Å². The van der Waals surface area contributed by atoms with E-state index >= 15 is 0 Å². The van der Waals surface area contributed by atoms with Crippen molar-refractivity contribution in [1.29, 1.82) is 0 Å². The van der Waals surface area contributed by atoms with Crippen LogP contribution < -0.4 is 4.90 Å². The Hall–Kier alpha value is -2.46. The fourth-order valence-corrected chi connectivity index (χ4v) is 3.54. The van der Waals surface area contributed by atoms with Crippen molar-refractivity contribution in [3.63, 3.8) is 0 Å². The first kappa shape index (κ1) is 15.1. The molecule has 1 aliphatic heterocycles. The summed E-state index contributed by atoms with van der Waals surface area (Å²) in [5, 5.41) is 2.28. The molecule has 0 aromatic heterocycles. The van der Waals surface area contributed by atoms with Gasteiger partial charge in [-0.15, -0.1) is 0 Å². The van der Waals surface area contributed by atoms with Gasteiger partial charge in [-0.1, -0.05) is 52.3 Å². The predicted molar refractivity (Wildman–Crippen MR) is 98.3 cm³/mol. The van der Waals surface area contributed by atoms with E-state index in [9.17, 15) is 9.59 Å². The molecular formula is C20H14BrNO2. The molecule has 3 aromatic carbocycles. The van der Waals surface area contributed by atoms with Crippen LogP contribution in [0, 0.1) is 6.92 Å². The third kappa shape index (κ3) is 2.26. The van der Waals surface area contributed by atoms with Gasteiger partial charge in [0.2, 0.25) is 0 Å². The lowest BCUT2D eigenvalue weighted by Crippen LogP contribution is -2.29. The van der Waals surface area contributed by atoms with E-state index in [0.29, 0.717) is 17.8 Å². The van der Waals surface area contributed by atoms with E-state index < -0.39 is 11.7 Å². The lowest BCUT2D eigenvalue weighted by Gasteiger charge is -2.19. The maximum Gasteiger partial charge on any atom is 0.299 e. The summed E-state index contributed by atoms with van der Waals surface area (Å²) in [6.45, 7) is 2.31. The summed E-state index contributed by atoms with van der Waals surface area (Å²) in [6.07, 6.45) is 0. The number of hydrogen-bond donors (Lipinski definition) is 0. The number of Topliss-reactive ketones (excluding diaryl/α,β-unsaturated/α-hetero) is 1. The number of hydrogen-bond acceptors (Lipinski definition) is 2. The van der Waals surface area contributed by atoms with Crippen LogP contribution in [0.4, 0.5) is 5.69 Å². The van der Waals surface area contributed by atoms with Crippen LogP contribution in [0.5, 0.6) is 0 Å². The molecule has 0 atom stereocenters. The van der Waals surface area contributed by atoms with E-state index in [4.69, 9.17) is 0 Å². The topological polar surface area (TPSA) is 37.4 Å². The van der Waals surface area contributed by atoms with Crippen molar-refractivity contribution in [1.82, 2.24) is 0 Å². The van der Waals surface area contributed by atoms with Crippen LogP contribution >= 0.6 is 15.9 Å². The summed E-state index contributed by atoms with van der Waals surface area (Å²) in [5.74, 6) is -0.888. The van der Waals surface area contributed by atoms with Crippen LogP contribution in [0.15, 0.2) is 59.1 Å². The molecule has 3 aromatic rings. The van der Waals surface area contributed by atoms with Gasteiger partial charge >= 0.3 is 0 Å². The predicted octanol–water partition coefficient (Wildman–Crippen LogP) is 4.64. The number of amides is 1. The highest BCUT2D eigenvalue weighted by molar-refractivity contribution is 9.10. The molecule has 0 bridgehead atoms. The highest BCUT2D eigenvalue weighted by Gasteiger charge is 2.37. The van der Waals surface area contributed by atoms with Crippen molar-refractivity contribution < 1.29 is 9.59 Å². The molecule has 0 saturated heterocycles. The summed E-state index contributed by atoms with van der Waals surface area (Å²) < 4.78 is 0.896. The molecule has 3 nitrogen and oxygen atoms in total. The van der Waals surface area contributed by atoms with Gasteiger partial charge in [0.1, 0.15) is 0 Å². The quantitative estimate of drug-likeness (QED) is 0.608. The molecule has 0 saturated carbocycles. The van der Waals surface area contributed by atoms with Crippen molar-refractivity contribution in [2.24, 2.45) is 0 Å². The van der Waals surface area contributed by atoms with E-state index in [1.807, 2.05) is 43.3 Å². The van der Waals surface area contributed by atoms with Crippen molar-refractivity contribution in [2.45, 2.75) is 13.5 Å². The minimum absolute atomic E-state index is 0.389. The molecule has 24 heavy (non-hydrogen) atoms. The Morgan fingerprint density at radius 3 is 2.50 bits per heavy atom. The number of halogens is 1. The Labute approximate surface area is 148 Å². The molecule has 0 aliphatic carbocycles. The number of anilines is 1. The lowest BCUT2D eigenvalue weighted by atomic mass is 10.1. The van der Waals surface area contributed by atoms with Crippen LogP contribution in [0.3, 0.4) is 0 Å². The molecule has 0 unspecified atom stereocenters. The number of carbonyl (C=O) groups excluding carboxylic acids is 2. The zero-order valence-corrected chi connectivity index (χ0v) is 14.6. The summed E-state index contributed by atoms with van der Waals surface area (Å²) in [4.78, 5) is 26.3. The molecule has 1 heterocycles. The molecule has 1 aliphatic rings. The first-order valence-electron chi connectivity index (χ1n) is 7.69. The molecule has 0 spiro atoms. The third-order valence-corrected chi connectivity index (χ3v) is 5.33. The Kier molecular flexibility index (Phi) is 3.50. The smallest absolute Gasteiger partial charge is 0.299 e. The van der Waals surface area contributed by atoms with Gasteiger partial charge in [-0.25, -0.2) is 0 Å². The van der Waals surface area contributed by atoms with Gasteiger partial charge in [0, 0.05) is 4.47 Å². The van der Waals surface area contributed by atoms with Crippen LogP contribution in [0.2, 0.25) is 0 Å². The van der Waals surface area contributed by atoms with Crippen molar-refractivity contribution >= 4 is 44.1 Å². The average Bonchev–Trinajstić information content (AvgIpc) is 2.83. The highest BCUT2D eigenvalue weighted by atomic mass is 79.9. The molecule has 4 rings (SSSR count). The molecule has 0 radical (unpaired) electrons. The minimum atomic E-state index is -0.459. The lowest BCUT2D eigenvalue weighted by molar-refractivity contribution is -0.114. The van der Waals surface area contributed by atoms with E-state index in [0.717, 1.165) is 26.4 Å². The first-order valence-corrected chi connectivity index (χ1v) is 8.48. The maximum absolute atomic E-state index is 12.5. The number of rotatable bonds is 2. The third-order valence-electron chi connectivity index (χ3n) is 4.47. The zero-order valence-electron chi connectivity index (χ0n) is 13.0. The average molecular weight is 380 g/mol. The molecular weight excluding hydrogens is 366 g/mol. The van der Waals surface area contributed by atoms with Crippen molar-refractivity contribution in [2.75, 3.05) is 4.90 Å². The van der Waals surface area contributed by atoms with Gasteiger partial charge in [0.25, 0.3) is 11.7 Å². The number of fused-ring (bicyclic) bond motifs is 2. The van der Waals surface area contributed by atoms with Gasteiger partial charge in [-0.2, -0.15) is 0 Å². The molecule has 118 valence electrons. The summed E-state index contributed by atoms with van der Waals surface area (Å²) in [7, 11) is 0. The normalized spacial score (nSPS) is 13.7. The number of benzene rings is 3. The van der Waals surface area contributed by atoms with Gasteiger partial charge in [0.15, 0.2) is 0 Å². The summed E-state index contributed by atoms with van der Waals surface area (Å²) >= 11 is 3.48. The van der Waals surface area contributed by atoms with E-state index in [1.165, 1.54) is 0 Å². The standard InChI is InChI=1S/C20H14BrNO2/c1-12-17(21)9-8-16-18(12)22(20(24)19(16)23)11-13-6-7-14-4-2-3-5-15(14)10-13/h2-10H,11H2,1H3. The molecule has 4 heteroatoms. The maximum atomic E-state index is 12.5. The number of carbonyl (C=O) groups is 2. The Bertz CT molecular complexity index is 1010.